The summed E-state index contributed by atoms with van der Waals surface area (Å²) in [6.45, 7) is 6.12. The lowest BCUT2D eigenvalue weighted by molar-refractivity contribution is -0.150. The Morgan fingerprint density at radius 3 is 2.08 bits per heavy atom. The zero-order chi connectivity index (χ0) is 27.1. The van der Waals surface area contributed by atoms with E-state index in [0.29, 0.717) is 13.0 Å². The van der Waals surface area contributed by atoms with E-state index in [0.717, 1.165) is 37.3 Å². The summed E-state index contributed by atoms with van der Waals surface area (Å²) in [6.07, 6.45) is 14.2. The molecule has 2 unspecified atom stereocenters. The first-order chi connectivity index (χ1) is 17.9. The molecule has 0 fully saturated rings. The molecule has 0 saturated carbocycles. The van der Waals surface area contributed by atoms with Gasteiger partial charge in [-0.15, -0.1) is 0 Å². The highest BCUT2D eigenvalue weighted by Crippen LogP contribution is 2.33. The molecule has 2 atom stereocenters. The predicted molar refractivity (Wildman–Crippen MR) is 152 cm³/mol. The highest BCUT2D eigenvalue weighted by molar-refractivity contribution is 7.40. The highest BCUT2D eigenvalue weighted by atomic mass is 31.2. The van der Waals surface area contributed by atoms with Gasteiger partial charge in [-0.2, -0.15) is 0 Å². The van der Waals surface area contributed by atoms with Gasteiger partial charge in [0.05, 0.1) is 19.8 Å². The normalized spacial score (nSPS) is 13.0. The molecule has 7 nitrogen and oxygen atoms in total. The second-order valence-corrected chi connectivity index (χ2v) is 10.9. The number of esters is 1. The number of carbonyl (C=O) groups is 1. The third kappa shape index (κ3) is 19.5. The van der Waals surface area contributed by atoms with E-state index in [4.69, 9.17) is 18.5 Å². The number of carbonyl (C=O) groups excluding carboxylic acids is 1. The maximum Gasteiger partial charge on any atom is 0.329 e. The van der Waals surface area contributed by atoms with Crippen molar-refractivity contribution in [3.8, 4) is 5.75 Å². The molecule has 1 rings (SSSR count). The van der Waals surface area contributed by atoms with Crippen LogP contribution in [0.3, 0.4) is 0 Å². The molecule has 0 radical (unpaired) electrons. The first-order valence-electron chi connectivity index (χ1n) is 14.2. The third-order valence-electron chi connectivity index (χ3n) is 6.06. The van der Waals surface area contributed by atoms with Crippen LogP contribution in [-0.2, 0) is 25.0 Å². The van der Waals surface area contributed by atoms with Crippen LogP contribution >= 0.6 is 8.60 Å². The Morgan fingerprint density at radius 1 is 0.865 bits per heavy atom. The maximum atomic E-state index is 11.9. The van der Waals surface area contributed by atoms with Crippen LogP contribution in [0.25, 0.3) is 0 Å². The van der Waals surface area contributed by atoms with Crippen molar-refractivity contribution in [2.75, 3.05) is 40.5 Å². The van der Waals surface area contributed by atoms with Gasteiger partial charge < -0.3 is 28.3 Å². The van der Waals surface area contributed by atoms with Gasteiger partial charge in [0.2, 0.25) is 0 Å². The Kier molecular flexibility index (Phi) is 20.7. The van der Waals surface area contributed by atoms with Crippen LogP contribution in [0.4, 0.5) is 0 Å². The fourth-order valence-electron chi connectivity index (χ4n) is 3.88. The number of ether oxygens (including phenoxy) is 2. The molecule has 0 bridgehead atoms. The summed E-state index contributed by atoms with van der Waals surface area (Å²) in [4.78, 5) is 23.9. The number of hydrogen-bond acceptors (Lipinski definition) is 7. The number of nitrogens with zero attached hydrogens (tertiary/aromatic N) is 1. The summed E-state index contributed by atoms with van der Waals surface area (Å²) < 4.78 is 22.2. The van der Waals surface area contributed by atoms with E-state index in [9.17, 15) is 9.69 Å². The molecule has 0 heterocycles. The number of hydrogen-bond donors (Lipinski definition) is 1. The smallest absolute Gasteiger partial charge is 0.329 e. The highest BCUT2D eigenvalue weighted by Gasteiger charge is 2.18. The summed E-state index contributed by atoms with van der Waals surface area (Å²) in [7, 11) is 1.98. The molecule has 37 heavy (non-hydrogen) atoms. The van der Waals surface area contributed by atoms with Crippen LogP contribution in [0.5, 0.6) is 5.75 Å². The molecule has 0 amide bonds. The lowest BCUT2D eigenvalue weighted by Gasteiger charge is -2.19. The Morgan fingerprint density at radius 2 is 1.49 bits per heavy atom. The SMILES string of the molecule is CCCCCCCCCCCCOc1ccc(CC(COP(O)OCCCN(C)C)OC(=O)CC)cc1. The van der Waals surface area contributed by atoms with E-state index in [-0.39, 0.29) is 19.0 Å². The van der Waals surface area contributed by atoms with E-state index in [2.05, 4.69) is 11.8 Å². The third-order valence-corrected chi connectivity index (χ3v) is 6.84. The van der Waals surface area contributed by atoms with Gasteiger partial charge in [0, 0.05) is 12.8 Å². The molecular weight excluding hydrogens is 489 g/mol. The van der Waals surface area contributed by atoms with E-state index in [1.54, 1.807) is 6.92 Å². The van der Waals surface area contributed by atoms with E-state index in [1.165, 1.54) is 57.8 Å². The zero-order valence-electron chi connectivity index (χ0n) is 23.8. The summed E-state index contributed by atoms with van der Waals surface area (Å²) in [6, 6.07) is 7.89. The first kappa shape index (κ1) is 33.8. The Hall–Kier alpha value is -1.24. The average molecular weight is 542 g/mol. The molecule has 1 N–H and O–H groups in total. The standard InChI is InChI=1S/C29H52NO6P/c1-5-7-8-9-10-11-12-13-14-15-22-33-27-19-17-26(18-20-27)24-28(36-29(31)6-2)25-35-37(32)34-23-16-21-30(3)4/h17-20,28,32H,5-16,21-25H2,1-4H3. The second kappa shape index (κ2) is 22.7. The number of benzene rings is 1. The van der Waals surface area contributed by atoms with Crippen molar-refractivity contribution in [1.82, 2.24) is 4.90 Å². The molecule has 8 heteroatoms. The summed E-state index contributed by atoms with van der Waals surface area (Å²) in [5.41, 5.74) is 1.01. The Labute approximate surface area is 227 Å². The van der Waals surface area contributed by atoms with Gasteiger partial charge in [0.15, 0.2) is 0 Å². The average Bonchev–Trinajstić information content (AvgIpc) is 2.89. The van der Waals surface area contributed by atoms with Crippen molar-refractivity contribution >= 4 is 14.6 Å². The van der Waals surface area contributed by atoms with Gasteiger partial charge in [0.25, 0.3) is 0 Å². The molecule has 0 aliphatic carbocycles. The number of rotatable bonds is 24. The molecule has 0 spiro atoms. The van der Waals surface area contributed by atoms with Crippen LogP contribution in [0.2, 0.25) is 0 Å². The van der Waals surface area contributed by atoms with Crippen molar-refractivity contribution in [1.29, 1.82) is 0 Å². The molecule has 0 aliphatic heterocycles. The largest absolute Gasteiger partial charge is 0.494 e. The lowest BCUT2D eigenvalue weighted by Crippen LogP contribution is -2.25. The second-order valence-electron chi connectivity index (χ2n) is 9.87. The van der Waals surface area contributed by atoms with Crippen molar-refractivity contribution in [3.63, 3.8) is 0 Å². The van der Waals surface area contributed by atoms with Crippen LogP contribution in [0.15, 0.2) is 24.3 Å². The van der Waals surface area contributed by atoms with Crippen molar-refractivity contribution < 1.29 is 28.2 Å². The van der Waals surface area contributed by atoms with Crippen molar-refractivity contribution in [2.45, 2.75) is 103 Å². The van der Waals surface area contributed by atoms with Crippen LogP contribution in [0, 0.1) is 0 Å². The molecule has 214 valence electrons. The van der Waals surface area contributed by atoms with E-state index < -0.39 is 14.7 Å². The van der Waals surface area contributed by atoms with Crippen LogP contribution in [-0.4, -0.2) is 62.3 Å². The molecule has 1 aromatic rings. The van der Waals surface area contributed by atoms with Crippen LogP contribution < -0.4 is 4.74 Å². The minimum absolute atomic E-state index is 0.0820. The number of unbranched alkanes of at least 4 members (excludes halogenated alkanes) is 9. The topological polar surface area (TPSA) is 77.5 Å². The van der Waals surface area contributed by atoms with Gasteiger partial charge >= 0.3 is 14.6 Å². The summed E-state index contributed by atoms with van der Waals surface area (Å²) in [5, 5.41) is 0. The first-order valence-corrected chi connectivity index (χ1v) is 15.4. The van der Waals surface area contributed by atoms with Crippen molar-refractivity contribution in [3.05, 3.63) is 29.8 Å². The Balaban J connectivity index is 2.30. The monoisotopic (exact) mass is 541 g/mol. The molecule has 0 aromatic heterocycles. The summed E-state index contributed by atoms with van der Waals surface area (Å²) >= 11 is 0. The molecule has 0 saturated heterocycles. The fourth-order valence-corrected chi connectivity index (χ4v) is 4.53. The zero-order valence-corrected chi connectivity index (χ0v) is 24.7. The summed E-state index contributed by atoms with van der Waals surface area (Å²) in [5.74, 6) is 0.558. The Bertz CT molecular complexity index is 673. The maximum absolute atomic E-state index is 11.9. The predicted octanol–water partition coefficient (Wildman–Crippen LogP) is 7.05. The van der Waals surface area contributed by atoms with Gasteiger partial charge in [-0.25, -0.2) is 0 Å². The van der Waals surface area contributed by atoms with Gasteiger partial charge in [-0.3, -0.25) is 4.79 Å². The molecule has 0 aliphatic rings. The minimum Gasteiger partial charge on any atom is -0.494 e. The van der Waals surface area contributed by atoms with Crippen LogP contribution in [0.1, 0.15) is 96.5 Å². The fraction of sp³-hybridized carbons (Fsp3) is 0.759. The lowest BCUT2D eigenvalue weighted by atomic mass is 10.1. The van der Waals surface area contributed by atoms with Gasteiger partial charge in [-0.1, -0.05) is 83.8 Å². The van der Waals surface area contributed by atoms with Crippen molar-refractivity contribution in [2.24, 2.45) is 0 Å². The quantitative estimate of drug-likeness (QED) is 0.0853. The minimum atomic E-state index is -2.00. The van der Waals surface area contributed by atoms with E-state index in [1.807, 2.05) is 38.4 Å². The molecule has 1 aromatic carbocycles. The molecular formula is C29H52NO6P. The van der Waals surface area contributed by atoms with Gasteiger partial charge in [-0.05, 0) is 51.2 Å². The van der Waals surface area contributed by atoms with Gasteiger partial charge in [0.1, 0.15) is 11.9 Å². The van der Waals surface area contributed by atoms with E-state index >= 15 is 0 Å².